The number of aliphatic carboxylic acids is 2. The zero-order valence-corrected chi connectivity index (χ0v) is 22.0. The van der Waals surface area contributed by atoms with Crippen molar-refractivity contribution in [1.29, 1.82) is 0 Å². The summed E-state index contributed by atoms with van der Waals surface area (Å²) in [7, 11) is 2.79. The summed E-state index contributed by atoms with van der Waals surface area (Å²) in [5.41, 5.74) is 0. The van der Waals surface area contributed by atoms with Gasteiger partial charge in [0.25, 0.3) is 0 Å². The quantitative estimate of drug-likeness (QED) is 0.0532. The maximum atomic E-state index is 12.2. The zero-order chi connectivity index (χ0) is 29.1. The number of nitrogens with one attached hydrogen (secondary N) is 4. The highest BCUT2D eigenvalue weighted by atomic mass is 16.4. The normalized spacial score (nSPS) is 14.6. The molecule has 0 saturated carbocycles. The highest BCUT2D eigenvalue weighted by molar-refractivity contribution is 5.82. The SMILES string of the molecule is CNC(=O)C(CC(O)CO)N(CCNCCNCCN(CC(=O)O)C(CC(O)CO)C(=O)NC)CC(=O)O. The lowest BCUT2D eigenvalue weighted by molar-refractivity contribution is -0.142. The fraction of sp³-hybridized carbons (Fsp3) is 0.818. The van der Waals surface area contributed by atoms with Gasteiger partial charge in [-0.2, -0.15) is 0 Å². The van der Waals surface area contributed by atoms with E-state index in [1.54, 1.807) is 0 Å². The monoisotopic (exact) mass is 552 g/mol. The van der Waals surface area contributed by atoms with Crippen molar-refractivity contribution in [3.63, 3.8) is 0 Å². The molecule has 38 heavy (non-hydrogen) atoms. The van der Waals surface area contributed by atoms with Gasteiger partial charge in [0.05, 0.1) is 50.6 Å². The van der Waals surface area contributed by atoms with Gasteiger partial charge in [-0.25, -0.2) is 0 Å². The molecule has 0 fully saturated rings. The van der Waals surface area contributed by atoms with E-state index in [4.69, 9.17) is 10.2 Å². The Morgan fingerprint density at radius 2 is 1.00 bits per heavy atom. The van der Waals surface area contributed by atoms with Gasteiger partial charge in [-0.3, -0.25) is 29.0 Å². The first kappa shape index (κ1) is 35.6. The number of aliphatic hydroxyl groups excluding tert-OH is 4. The molecule has 4 atom stereocenters. The van der Waals surface area contributed by atoms with E-state index in [1.165, 1.54) is 23.9 Å². The molecule has 0 aromatic heterocycles. The number of hydrogen-bond acceptors (Lipinski definition) is 12. The lowest BCUT2D eigenvalue weighted by atomic mass is 10.1. The van der Waals surface area contributed by atoms with Gasteiger partial charge >= 0.3 is 11.9 Å². The van der Waals surface area contributed by atoms with Gasteiger partial charge < -0.3 is 51.9 Å². The zero-order valence-electron chi connectivity index (χ0n) is 22.0. The molecular weight excluding hydrogens is 508 g/mol. The van der Waals surface area contributed by atoms with E-state index in [1.807, 2.05) is 0 Å². The topological polar surface area (TPSA) is 244 Å². The van der Waals surface area contributed by atoms with Crippen LogP contribution in [0.25, 0.3) is 0 Å². The van der Waals surface area contributed by atoms with E-state index in [0.717, 1.165) is 0 Å². The van der Waals surface area contributed by atoms with Crippen LogP contribution in [0.4, 0.5) is 0 Å². The van der Waals surface area contributed by atoms with Gasteiger partial charge in [0, 0.05) is 66.2 Å². The highest BCUT2D eigenvalue weighted by Gasteiger charge is 2.30. The van der Waals surface area contributed by atoms with Crippen molar-refractivity contribution in [1.82, 2.24) is 31.1 Å². The van der Waals surface area contributed by atoms with E-state index in [-0.39, 0.29) is 25.9 Å². The average Bonchev–Trinajstić information content (AvgIpc) is 2.88. The maximum absolute atomic E-state index is 12.2. The molecule has 0 aliphatic rings. The van der Waals surface area contributed by atoms with E-state index >= 15 is 0 Å². The summed E-state index contributed by atoms with van der Waals surface area (Å²) in [6.07, 6.45) is -2.63. The molecule has 0 aliphatic heterocycles. The van der Waals surface area contributed by atoms with Crippen molar-refractivity contribution in [3.05, 3.63) is 0 Å². The van der Waals surface area contributed by atoms with Crippen molar-refractivity contribution < 1.29 is 49.8 Å². The molecule has 0 aliphatic carbocycles. The second-order valence-electron chi connectivity index (χ2n) is 8.63. The summed E-state index contributed by atoms with van der Waals surface area (Å²) < 4.78 is 0. The predicted octanol–water partition coefficient (Wildman–Crippen LogP) is -5.35. The van der Waals surface area contributed by atoms with Crippen LogP contribution in [0.2, 0.25) is 0 Å². The standard InChI is InChI=1S/C22H44N6O10/c1-23-21(37)17(9-15(31)13-29)27(11-19(33)34)7-5-25-3-4-26-6-8-28(12-20(35)36)18(22(38)24-2)10-16(32)14-30/h15-18,25-26,29-32H,3-14H2,1-2H3,(H,23,37)(H,24,38)(H,33,34)(H,35,36). The highest BCUT2D eigenvalue weighted by Crippen LogP contribution is 2.09. The molecule has 0 saturated heterocycles. The Balaban J connectivity index is 4.77. The largest absolute Gasteiger partial charge is 0.480 e. The molecule has 16 heteroatoms. The Morgan fingerprint density at radius 3 is 1.26 bits per heavy atom. The van der Waals surface area contributed by atoms with Crippen LogP contribution in [0.5, 0.6) is 0 Å². The maximum Gasteiger partial charge on any atom is 0.317 e. The van der Waals surface area contributed by atoms with Crippen LogP contribution in [0.1, 0.15) is 12.8 Å². The third kappa shape index (κ3) is 15.1. The Morgan fingerprint density at radius 1 is 0.658 bits per heavy atom. The predicted molar refractivity (Wildman–Crippen MR) is 135 cm³/mol. The number of carbonyl (C=O) groups is 4. The van der Waals surface area contributed by atoms with Crippen molar-refractivity contribution in [2.75, 3.05) is 79.7 Å². The summed E-state index contributed by atoms with van der Waals surface area (Å²) in [6.45, 7) is -0.104. The molecule has 0 aromatic carbocycles. The first-order chi connectivity index (χ1) is 18.0. The van der Waals surface area contributed by atoms with Crippen molar-refractivity contribution >= 4 is 23.8 Å². The Labute approximate surface area is 222 Å². The van der Waals surface area contributed by atoms with Crippen LogP contribution in [0.15, 0.2) is 0 Å². The van der Waals surface area contributed by atoms with E-state index in [9.17, 15) is 39.6 Å². The molecule has 0 spiro atoms. The van der Waals surface area contributed by atoms with Gasteiger partial charge in [-0.15, -0.1) is 0 Å². The van der Waals surface area contributed by atoms with E-state index in [2.05, 4.69) is 21.3 Å². The summed E-state index contributed by atoms with van der Waals surface area (Å²) in [6, 6.07) is -1.90. The molecule has 2 amide bonds. The number of amides is 2. The second-order valence-corrected chi connectivity index (χ2v) is 8.63. The smallest absolute Gasteiger partial charge is 0.317 e. The summed E-state index contributed by atoms with van der Waals surface area (Å²) >= 11 is 0. The number of carboxylic acid groups (broad SMARTS) is 2. The number of carboxylic acids is 2. The number of aliphatic hydroxyl groups is 4. The minimum absolute atomic E-state index is 0.135. The molecule has 222 valence electrons. The molecule has 0 bridgehead atoms. The van der Waals surface area contributed by atoms with E-state index < -0.39 is 74.3 Å². The molecular formula is C22H44N6O10. The van der Waals surface area contributed by atoms with Crippen molar-refractivity contribution in [2.24, 2.45) is 0 Å². The Hall–Kier alpha value is -2.44. The molecule has 0 heterocycles. The van der Waals surface area contributed by atoms with E-state index in [0.29, 0.717) is 26.2 Å². The minimum Gasteiger partial charge on any atom is -0.480 e. The van der Waals surface area contributed by atoms with Crippen LogP contribution in [-0.2, 0) is 19.2 Å². The fourth-order valence-corrected chi connectivity index (χ4v) is 3.75. The number of likely N-dealkylation sites (N-methyl/N-ethyl adjacent to an activating group) is 2. The molecule has 0 radical (unpaired) electrons. The molecule has 0 rings (SSSR count). The lowest BCUT2D eigenvalue weighted by Gasteiger charge is -2.30. The van der Waals surface area contributed by atoms with Crippen LogP contribution < -0.4 is 21.3 Å². The molecule has 16 nitrogen and oxygen atoms in total. The van der Waals surface area contributed by atoms with Crippen LogP contribution >= 0.6 is 0 Å². The first-order valence-corrected chi connectivity index (χ1v) is 12.3. The Kier molecular flexibility index (Phi) is 19.2. The van der Waals surface area contributed by atoms with Crippen LogP contribution in [-0.4, -0.2) is 168 Å². The van der Waals surface area contributed by atoms with Crippen molar-refractivity contribution in [3.8, 4) is 0 Å². The third-order valence-corrected chi connectivity index (χ3v) is 5.70. The van der Waals surface area contributed by atoms with Crippen LogP contribution in [0.3, 0.4) is 0 Å². The number of hydrogen-bond donors (Lipinski definition) is 10. The van der Waals surface area contributed by atoms with Gasteiger partial charge in [-0.05, 0) is 0 Å². The Bertz CT molecular complexity index is 658. The minimum atomic E-state index is -1.18. The molecule has 4 unspecified atom stereocenters. The van der Waals surface area contributed by atoms with Gasteiger partial charge in [0.15, 0.2) is 0 Å². The summed E-state index contributed by atoms with van der Waals surface area (Å²) in [5.74, 6) is -3.25. The second kappa shape index (κ2) is 20.5. The number of rotatable bonds is 23. The first-order valence-electron chi connectivity index (χ1n) is 12.3. The molecule has 10 N–H and O–H groups in total. The van der Waals surface area contributed by atoms with Gasteiger partial charge in [0.1, 0.15) is 0 Å². The van der Waals surface area contributed by atoms with Gasteiger partial charge in [-0.1, -0.05) is 0 Å². The lowest BCUT2D eigenvalue weighted by Crippen LogP contribution is -2.52. The van der Waals surface area contributed by atoms with Crippen molar-refractivity contribution in [2.45, 2.75) is 37.1 Å². The number of nitrogens with zero attached hydrogens (tertiary/aromatic N) is 2. The van der Waals surface area contributed by atoms with Gasteiger partial charge in [0.2, 0.25) is 11.8 Å². The summed E-state index contributed by atoms with van der Waals surface area (Å²) in [4.78, 5) is 49.8. The average molecular weight is 553 g/mol. The molecule has 0 aromatic rings. The summed E-state index contributed by atoms with van der Waals surface area (Å²) in [5, 5.41) is 67.2. The third-order valence-electron chi connectivity index (χ3n) is 5.70. The fourth-order valence-electron chi connectivity index (χ4n) is 3.75. The number of carbonyl (C=O) groups excluding carboxylic acids is 2. The van der Waals surface area contributed by atoms with Crippen LogP contribution in [0, 0.1) is 0 Å².